The van der Waals surface area contributed by atoms with Crippen molar-refractivity contribution in [3.05, 3.63) is 17.1 Å². The third-order valence-electron chi connectivity index (χ3n) is 6.65. The Labute approximate surface area is 167 Å². The van der Waals surface area contributed by atoms with E-state index in [0.717, 1.165) is 82.0 Å². The van der Waals surface area contributed by atoms with E-state index in [1.54, 1.807) is 0 Å². The Kier molecular flexibility index (Phi) is 5.83. The highest BCUT2D eigenvalue weighted by Gasteiger charge is 2.34. The molecule has 2 N–H and O–H groups in total. The largest absolute Gasteiger partial charge is 0.381 e. The number of aryl methyl sites for hydroxylation is 1. The number of carbonyl (C=O) groups is 1. The monoisotopic (exact) mass is 387 g/mol. The molecular formula is C21H33N5O2. The van der Waals surface area contributed by atoms with E-state index in [9.17, 15) is 4.79 Å². The van der Waals surface area contributed by atoms with Crippen LogP contribution in [0.4, 0.5) is 5.82 Å². The molecule has 1 amide bonds. The summed E-state index contributed by atoms with van der Waals surface area (Å²) >= 11 is 0. The average molecular weight is 388 g/mol. The number of carbonyl (C=O) groups excluding carboxylic acids is 1. The highest BCUT2D eigenvalue weighted by molar-refractivity contribution is 5.91. The summed E-state index contributed by atoms with van der Waals surface area (Å²) in [5.74, 6) is 1.73. The van der Waals surface area contributed by atoms with Crippen molar-refractivity contribution in [2.45, 2.75) is 64.5 Å². The van der Waals surface area contributed by atoms with Crippen molar-refractivity contribution >= 4 is 11.7 Å². The van der Waals surface area contributed by atoms with E-state index in [1.165, 1.54) is 6.42 Å². The van der Waals surface area contributed by atoms with Gasteiger partial charge in [-0.2, -0.15) is 0 Å². The molecule has 7 heteroatoms. The van der Waals surface area contributed by atoms with Crippen LogP contribution in [0.25, 0.3) is 0 Å². The maximum Gasteiger partial charge on any atom is 0.291 e. The Morgan fingerprint density at radius 1 is 1.18 bits per heavy atom. The fourth-order valence-electron chi connectivity index (χ4n) is 4.43. The number of aromatic nitrogens is 2. The number of ether oxygens (including phenoxy) is 1. The van der Waals surface area contributed by atoms with Crippen LogP contribution in [0.2, 0.25) is 0 Å². The van der Waals surface area contributed by atoms with Crippen LogP contribution in [-0.2, 0) is 4.74 Å². The van der Waals surface area contributed by atoms with E-state index in [2.05, 4.69) is 14.8 Å². The van der Waals surface area contributed by atoms with Gasteiger partial charge in [-0.05, 0) is 58.3 Å². The number of anilines is 1. The molecule has 4 rings (SSSR count). The molecule has 0 aromatic carbocycles. The van der Waals surface area contributed by atoms with Gasteiger partial charge in [-0.3, -0.25) is 4.79 Å². The molecule has 1 saturated carbocycles. The number of hydrogen-bond donors (Lipinski definition) is 1. The van der Waals surface area contributed by atoms with Gasteiger partial charge < -0.3 is 20.3 Å². The first-order valence-electron chi connectivity index (χ1n) is 10.8. The molecule has 3 heterocycles. The molecule has 0 radical (unpaired) electrons. The first-order valence-corrected chi connectivity index (χ1v) is 10.8. The van der Waals surface area contributed by atoms with Crippen LogP contribution >= 0.6 is 0 Å². The van der Waals surface area contributed by atoms with Gasteiger partial charge in [0.05, 0.1) is 0 Å². The Bertz CT molecular complexity index is 715. The van der Waals surface area contributed by atoms with Gasteiger partial charge >= 0.3 is 0 Å². The summed E-state index contributed by atoms with van der Waals surface area (Å²) < 4.78 is 5.49. The van der Waals surface area contributed by atoms with E-state index < -0.39 is 0 Å². The maximum atomic E-state index is 13.5. The Morgan fingerprint density at radius 3 is 2.54 bits per heavy atom. The average Bonchev–Trinajstić information content (AvgIpc) is 3.08. The number of hydrogen-bond acceptors (Lipinski definition) is 6. The molecule has 1 aromatic heterocycles. The third kappa shape index (κ3) is 4.01. The lowest BCUT2D eigenvalue weighted by atomic mass is 9.89. The maximum absolute atomic E-state index is 13.5. The summed E-state index contributed by atoms with van der Waals surface area (Å²) in [6, 6.07) is 0.512. The molecule has 2 aliphatic heterocycles. The van der Waals surface area contributed by atoms with E-state index in [1.807, 2.05) is 13.8 Å². The van der Waals surface area contributed by atoms with Crippen LogP contribution in [-0.4, -0.2) is 65.7 Å². The second-order valence-electron chi connectivity index (χ2n) is 8.67. The van der Waals surface area contributed by atoms with Crippen LogP contribution in [0, 0.1) is 19.8 Å². The van der Waals surface area contributed by atoms with Gasteiger partial charge in [0, 0.05) is 56.2 Å². The lowest BCUT2D eigenvalue weighted by Crippen LogP contribution is -2.47. The number of amides is 1. The fourth-order valence-corrected chi connectivity index (χ4v) is 4.43. The first-order chi connectivity index (χ1) is 13.5. The summed E-state index contributed by atoms with van der Waals surface area (Å²) in [7, 11) is 0. The van der Waals surface area contributed by atoms with E-state index in [4.69, 9.17) is 15.5 Å². The molecule has 1 aliphatic carbocycles. The van der Waals surface area contributed by atoms with E-state index >= 15 is 0 Å². The zero-order chi connectivity index (χ0) is 19.7. The van der Waals surface area contributed by atoms with Crippen LogP contribution in [0.5, 0.6) is 0 Å². The number of nitrogens with zero attached hydrogens (tertiary/aromatic N) is 4. The molecule has 0 bridgehead atoms. The van der Waals surface area contributed by atoms with Crippen molar-refractivity contribution in [2.75, 3.05) is 37.7 Å². The molecule has 7 nitrogen and oxygen atoms in total. The van der Waals surface area contributed by atoms with Crippen LogP contribution in [0.1, 0.15) is 60.4 Å². The molecule has 3 aliphatic rings. The van der Waals surface area contributed by atoms with Crippen molar-refractivity contribution in [1.82, 2.24) is 14.9 Å². The van der Waals surface area contributed by atoms with Crippen molar-refractivity contribution < 1.29 is 9.53 Å². The molecule has 3 fully saturated rings. The quantitative estimate of drug-likeness (QED) is 0.832. The van der Waals surface area contributed by atoms with Gasteiger partial charge in [-0.1, -0.05) is 0 Å². The predicted molar refractivity (Wildman–Crippen MR) is 109 cm³/mol. The molecule has 0 spiro atoms. The summed E-state index contributed by atoms with van der Waals surface area (Å²) in [5, 5.41) is 0. The zero-order valence-electron chi connectivity index (χ0n) is 17.2. The topological polar surface area (TPSA) is 84.6 Å². The van der Waals surface area contributed by atoms with Crippen LogP contribution < -0.4 is 10.6 Å². The fraction of sp³-hybridized carbons (Fsp3) is 0.762. The molecule has 28 heavy (non-hydrogen) atoms. The van der Waals surface area contributed by atoms with Gasteiger partial charge in [0.1, 0.15) is 5.82 Å². The Hall–Kier alpha value is -1.73. The summed E-state index contributed by atoms with van der Waals surface area (Å²) in [4.78, 5) is 27.1. The van der Waals surface area contributed by atoms with E-state index in [0.29, 0.717) is 17.8 Å². The molecule has 1 atom stereocenters. The SMILES string of the molecule is Cc1nc(C(=O)N(CC2CCOCC2)C2CCC2)nc(N2CC[C@@H](N)C2)c1C. The lowest BCUT2D eigenvalue weighted by molar-refractivity contribution is 0.0287. The Morgan fingerprint density at radius 2 is 1.93 bits per heavy atom. The second kappa shape index (κ2) is 8.33. The van der Waals surface area contributed by atoms with Gasteiger partial charge in [0.25, 0.3) is 5.91 Å². The van der Waals surface area contributed by atoms with Crippen LogP contribution in [0.3, 0.4) is 0 Å². The molecule has 2 saturated heterocycles. The summed E-state index contributed by atoms with van der Waals surface area (Å²) in [6.45, 7) is 8.09. The minimum absolute atomic E-state index is 0.0102. The smallest absolute Gasteiger partial charge is 0.291 e. The van der Waals surface area contributed by atoms with Crippen LogP contribution in [0.15, 0.2) is 0 Å². The van der Waals surface area contributed by atoms with Crippen molar-refractivity contribution in [3.8, 4) is 0 Å². The standard InChI is InChI=1S/C21H33N5O2/c1-14-15(2)23-19(24-20(14)25-9-6-17(22)13-25)21(27)26(18-4-3-5-18)12-16-7-10-28-11-8-16/h16-18H,3-13,22H2,1-2H3/t17-/m1/s1. The zero-order valence-corrected chi connectivity index (χ0v) is 17.2. The van der Waals surface area contributed by atoms with Crippen molar-refractivity contribution in [3.63, 3.8) is 0 Å². The van der Waals surface area contributed by atoms with Gasteiger partial charge in [0.15, 0.2) is 0 Å². The first kappa shape index (κ1) is 19.6. The number of nitrogens with two attached hydrogens (primary N) is 1. The molecular weight excluding hydrogens is 354 g/mol. The van der Waals surface area contributed by atoms with Gasteiger partial charge in [0.2, 0.25) is 5.82 Å². The van der Waals surface area contributed by atoms with Crippen molar-refractivity contribution in [1.29, 1.82) is 0 Å². The minimum Gasteiger partial charge on any atom is -0.381 e. The molecule has 0 unspecified atom stereocenters. The Balaban J connectivity index is 1.58. The predicted octanol–water partition coefficient (Wildman–Crippen LogP) is 2.05. The summed E-state index contributed by atoms with van der Waals surface area (Å²) in [6.07, 6.45) is 6.40. The minimum atomic E-state index is -0.0102. The second-order valence-corrected chi connectivity index (χ2v) is 8.67. The number of rotatable bonds is 5. The van der Waals surface area contributed by atoms with Crippen molar-refractivity contribution in [2.24, 2.45) is 11.7 Å². The highest BCUT2D eigenvalue weighted by atomic mass is 16.5. The molecule has 1 aromatic rings. The highest BCUT2D eigenvalue weighted by Crippen LogP contribution is 2.30. The third-order valence-corrected chi connectivity index (χ3v) is 6.65. The summed E-state index contributed by atoms with van der Waals surface area (Å²) in [5.41, 5.74) is 8.03. The van der Waals surface area contributed by atoms with Gasteiger partial charge in [-0.25, -0.2) is 9.97 Å². The normalized spacial score (nSPS) is 23.7. The molecule has 154 valence electrons. The van der Waals surface area contributed by atoms with E-state index in [-0.39, 0.29) is 11.9 Å². The van der Waals surface area contributed by atoms with Gasteiger partial charge in [-0.15, -0.1) is 0 Å². The lowest BCUT2D eigenvalue weighted by Gasteiger charge is -2.40.